The molecule has 8 heteroatoms. The monoisotopic (exact) mass is 421 g/mol. The van der Waals surface area contributed by atoms with Gasteiger partial charge in [-0.2, -0.15) is 0 Å². The zero-order valence-electron chi connectivity index (χ0n) is 15.0. The third-order valence-corrected chi connectivity index (χ3v) is 6.27. The van der Waals surface area contributed by atoms with Gasteiger partial charge in [0, 0.05) is 4.88 Å². The van der Waals surface area contributed by atoms with Gasteiger partial charge in [-0.15, -0.1) is 11.3 Å². The maximum absolute atomic E-state index is 12.4. The number of thiocarbonyl (C=S) groups is 1. The third-order valence-electron chi connectivity index (χ3n) is 4.58. The smallest absolute Gasteiger partial charge is 0.258 e. The van der Waals surface area contributed by atoms with Crippen LogP contribution in [0.4, 0.5) is 5.00 Å². The zero-order valence-corrected chi connectivity index (χ0v) is 17.4. The van der Waals surface area contributed by atoms with Gasteiger partial charge >= 0.3 is 0 Å². The van der Waals surface area contributed by atoms with Crippen molar-refractivity contribution in [1.82, 2.24) is 5.32 Å². The normalized spacial score (nSPS) is 15.7. The van der Waals surface area contributed by atoms with Crippen LogP contribution in [0.1, 0.15) is 50.1 Å². The minimum absolute atomic E-state index is 0.103. The molecule has 1 aliphatic carbocycles. The van der Waals surface area contributed by atoms with Crippen LogP contribution < -0.4 is 16.4 Å². The summed E-state index contributed by atoms with van der Waals surface area (Å²) in [6.45, 7) is 4.08. The summed E-state index contributed by atoms with van der Waals surface area (Å²) in [5, 5.41) is 6.62. The zero-order chi connectivity index (χ0) is 19.7. The van der Waals surface area contributed by atoms with Gasteiger partial charge in [-0.3, -0.25) is 14.9 Å². The number of aryl methyl sites for hydroxylation is 1. The first kappa shape index (κ1) is 19.8. The van der Waals surface area contributed by atoms with E-state index in [2.05, 4.69) is 17.6 Å². The van der Waals surface area contributed by atoms with Gasteiger partial charge in [0.25, 0.3) is 11.8 Å². The first-order valence-corrected chi connectivity index (χ1v) is 10.2. The van der Waals surface area contributed by atoms with Gasteiger partial charge in [-0.25, -0.2) is 0 Å². The molecule has 0 spiro atoms. The number of anilines is 1. The largest absolute Gasteiger partial charge is 0.365 e. The number of carbonyl (C=O) groups is 2. The summed E-state index contributed by atoms with van der Waals surface area (Å²) in [4.78, 5) is 25.6. The Bertz CT molecular complexity index is 939. The molecule has 0 unspecified atom stereocenters. The molecule has 0 bridgehead atoms. The number of hydrogen-bond donors (Lipinski definition) is 3. The van der Waals surface area contributed by atoms with E-state index in [1.165, 1.54) is 11.3 Å². The Morgan fingerprint density at radius 2 is 2.11 bits per heavy atom. The van der Waals surface area contributed by atoms with Crippen molar-refractivity contribution in [3.05, 3.63) is 50.4 Å². The molecule has 0 saturated heterocycles. The Kier molecular flexibility index (Phi) is 5.83. The Labute approximate surface area is 172 Å². The lowest BCUT2D eigenvalue weighted by molar-refractivity contribution is 0.0975. The van der Waals surface area contributed by atoms with E-state index < -0.39 is 11.8 Å². The number of halogens is 1. The molecule has 0 aliphatic heterocycles. The highest BCUT2D eigenvalue weighted by Crippen LogP contribution is 2.39. The second-order valence-corrected chi connectivity index (χ2v) is 8.73. The molecule has 2 amide bonds. The van der Waals surface area contributed by atoms with E-state index in [-0.39, 0.29) is 5.11 Å². The van der Waals surface area contributed by atoms with E-state index in [0.717, 1.165) is 35.3 Å². The number of amides is 2. The van der Waals surface area contributed by atoms with Crippen molar-refractivity contribution in [1.29, 1.82) is 0 Å². The second kappa shape index (κ2) is 7.96. The van der Waals surface area contributed by atoms with E-state index in [0.29, 0.717) is 27.1 Å². The molecule has 0 fully saturated rings. The predicted molar refractivity (Wildman–Crippen MR) is 114 cm³/mol. The lowest BCUT2D eigenvalue weighted by Gasteiger charge is -2.18. The maximum Gasteiger partial charge on any atom is 0.258 e. The van der Waals surface area contributed by atoms with Crippen LogP contribution in [0.5, 0.6) is 0 Å². The van der Waals surface area contributed by atoms with Gasteiger partial charge in [0.1, 0.15) is 5.00 Å². The van der Waals surface area contributed by atoms with Crippen LogP contribution in [0, 0.1) is 12.8 Å². The fourth-order valence-corrected chi connectivity index (χ4v) is 5.21. The molecular weight excluding hydrogens is 402 g/mol. The molecule has 1 aromatic carbocycles. The first-order chi connectivity index (χ1) is 12.8. The fraction of sp³-hybridized carbons (Fsp3) is 0.316. The third kappa shape index (κ3) is 4.31. The van der Waals surface area contributed by atoms with Crippen molar-refractivity contribution < 1.29 is 9.59 Å². The molecule has 3 rings (SSSR count). The Morgan fingerprint density at radius 3 is 2.78 bits per heavy atom. The van der Waals surface area contributed by atoms with Crippen LogP contribution in [0.3, 0.4) is 0 Å². The number of hydrogen-bond acceptors (Lipinski definition) is 4. The Balaban J connectivity index is 1.78. The summed E-state index contributed by atoms with van der Waals surface area (Å²) < 4.78 is 0. The molecule has 0 saturated carbocycles. The highest BCUT2D eigenvalue weighted by Gasteiger charge is 2.27. The van der Waals surface area contributed by atoms with Crippen LogP contribution in [0.15, 0.2) is 18.2 Å². The highest BCUT2D eigenvalue weighted by molar-refractivity contribution is 7.80. The number of thiophene rings is 1. The topological polar surface area (TPSA) is 84.2 Å². The molecule has 5 nitrogen and oxygen atoms in total. The number of primary amides is 1. The molecule has 0 radical (unpaired) electrons. The molecule has 2 aromatic rings. The van der Waals surface area contributed by atoms with Gasteiger partial charge < -0.3 is 11.1 Å². The number of carbonyl (C=O) groups excluding carboxylic acids is 2. The van der Waals surface area contributed by atoms with Gasteiger partial charge in [0.2, 0.25) is 0 Å². The standard InChI is InChI=1S/C19H20ClN3O2S2/c1-9-3-5-11(13(20)7-9)17(25)22-19(26)23-18-15(16(21)24)12-6-4-10(2)8-14(12)27-18/h3,5,7,10H,4,6,8H2,1-2H3,(H2,21,24)(H2,22,23,25,26)/t10-/m0/s1. The van der Waals surface area contributed by atoms with Crippen molar-refractivity contribution in [3.8, 4) is 0 Å². The fourth-order valence-electron chi connectivity index (χ4n) is 3.21. The van der Waals surface area contributed by atoms with Crippen molar-refractivity contribution in [2.24, 2.45) is 11.7 Å². The van der Waals surface area contributed by atoms with E-state index in [4.69, 9.17) is 29.6 Å². The molecular formula is C19H20ClN3O2S2. The van der Waals surface area contributed by atoms with Crippen LogP contribution in [-0.2, 0) is 12.8 Å². The van der Waals surface area contributed by atoms with Crippen molar-refractivity contribution in [2.45, 2.75) is 33.1 Å². The number of fused-ring (bicyclic) bond motifs is 1. The number of nitrogens with two attached hydrogens (primary N) is 1. The van der Waals surface area contributed by atoms with Crippen LogP contribution >= 0.6 is 35.2 Å². The average Bonchev–Trinajstić information content (AvgIpc) is 2.91. The maximum atomic E-state index is 12.4. The predicted octanol–water partition coefficient (Wildman–Crippen LogP) is 4.06. The number of rotatable bonds is 3. The van der Waals surface area contributed by atoms with E-state index in [1.54, 1.807) is 18.2 Å². The van der Waals surface area contributed by atoms with Crippen molar-refractivity contribution in [2.75, 3.05) is 5.32 Å². The van der Waals surface area contributed by atoms with E-state index in [9.17, 15) is 9.59 Å². The molecule has 142 valence electrons. The van der Waals surface area contributed by atoms with Gasteiger partial charge in [0.15, 0.2) is 5.11 Å². The summed E-state index contributed by atoms with van der Waals surface area (Å²) in [6.07, 6.45) is 2.77. The van der Waals surface area contributed by atoms with Crippen LogP contribution in [0.25, 0.3) is 0 Å². The molecule has 4 N–H and O–H groups in total. The summed E-state index contributed by atoms with van der Waals surface area (Å²) in [5.41, 5.74) is 8.38. The number of benzene rings is 1. The van der Waals surface area contributed by atoms with Gasteiger partial charge in [-0.05, 0) is 67.6 Å². The minimum atomic E-state index is -0.486. The lowest BCUT2D eigenvalue weighted by Crippen LogP contribution is -2.34. The van der Waals surface area contributed by atoms with Crippen molar-refractivity contribution in [3.63, 3.8) is 0 Å². The van der Waals surface area contributed by atoms with Crippen molar-refractivity contribution >= 4 is 57.1 Å². The first-order valence-electron chi connectivity index (χ1n) is 8.59. The molecule has 1 aromatic heterocycles. The molecule has 1 heterocycles. The van der Waals surface area contributed by atoms with Crippen LogP contribution in [0.2, 0.25) is 5.02 Å². The Hall–Kier alpha value is -1.96. The SMILES string of the molecule is Cc1ccc(C(=O)NC(=S)Nc2sc3c(c2C(N)=O)CC[C@H](C)C3)c(Cl)c1. The lowest BCUT2D eigenvalue weighted by atomic mass is 9.88. The molecule has 27 heavy (non-hydrogen) atoms. The second-order valence-electron chi connectivity index (χ2n) is 6.81. The van der Waals surface area contributed by atoms with E-state index >= 15 is 0 Å². The average molecular weight is 422 g/mol. The van der Waals surface area contributed by atoms with Gasteiger partial charge in [0.05, 0.1) is 16.1 Å². The number of nitrogens with one attached hydrogen (secondary N) is 2. The summed E-state index contributed by atoms with van der Waals surface area (Å²) in [6, 6.07) is 5.17. The minimum Gasteiger partial charge on any atom is -0.365 e. The Morgan fingerprint density at radius 1 is 1.37 bits per heavy atom. The summed E-state index contributed by atoms with van der Waals surface area (Å²) in [7, 11) is 0. The highest BCUT2D eigenvalue weighted by atomic mass is 35.5. The van der Waals surface area contributed by atoms with Gasteiger partial charge in [-0.1, -0.05) is 24.6 Å². The summed E-state index contributed by atoms with van der Waals surface area (Å²) in [5.74, 6) is -0.326. The molecule has 1 atom stereocenters. The molecule has 1 aliphatic rings. The van der Waals surface area contributed by atoms with Crippen LogP contribution in [-0.4, -0.2) is 16.9 Å². The van der Waals surface area contributed by atoms with E-state index in [1.807, 2.05) is 6.92 Å². The quantitative estimate of drug-likeness (QED) is 0.652. The summed E-state index contributed by atoms with van der Waals surface area (Å²) >= 11 is 12.9.